The Morgan fingerprint density at radius 1 is 1.15 bits per heavy atom. The fourth-order valence-corrected chi connectivity index (χ4v) is 3.46. The van der Waals surface area contributed by atoms with Crippen LogP contribution < -0.4 is 5.32 Å². The van der Waals surface area contributed by atoms with Crippen molar-refractivity contribution in [1.82, 2.24) is 14.9 Å². The van der Waals surface area contributed by atoms with Crippen molar-refractivity contribution in [2.45, 2.75) is 20.0 Å². The highest BCUT2D eigenvalue weighted by atomic mass is 16.1. The highest BCUT2D eigenvalue weighted by molar-refractivity contribution is 6.09. The van der Waals surface area contributed by atoms with E-state index in [0.717, 1.165) is 33.9 Å². The molecule has 0 aliphatic rings. The van der Waals surface area contributed by atoms with E-state index in [-0.39, 0.29) is 5.91 Å². The third kappa shape index (κ3) is 3.02. The van der Waals surface area contributed by atoms with E-state index in [1.54, 1.807) is 18.3 Å². The van der Waals surface area contributed by atoms with Crippen LogP contribution in [-0.4, -0.2) is 15.5 Å². The normalized spacial score (nSPS) is 10.8. The molecule has 4 aromatic rings. The van der Waals surface area contributed by atoms with Gasteiger partial charge in [0.1, 0.15) is 0 Å². The van der Waals surface area contributed by atoms with Crippen molar-refractivity contribution in [2.75, 3.05) is 0 Å². The van der Waals surface area contributed by atoms with E-state index < -0.39 is 0 Å². The zero-order valence-corrected chi connectivity index (χ0v) is 14.9. The molecule has 0 atom stereocenters. The van der Waals surface area contributed by atoms with Crippen LogP contribution in [0, 0.1) is 11.3 Å². The number of hydrogen-bond acceptors (Lipinski definition) is 3. The number of nitriles is 1. The maximum Gasteiger partial charge on any atom is 0.251 e. The molecule has 0 aliphatic carbocycles. The standard InChI is InChI=1S/C22H18N4O/c1-2-26-20-11-17(6-7-18(20)19-8-9-24-14-21(19)26)22(27)25-13-16-5-3-4-15(10-16)12-23/h3-11,14H,2,13H2,1H3,(H,25,27). The van der Waals surface area contributed by atoms with Gasteiger partial charge in [0, 0.05) is 41.1 Å². The Morgan fingerprint density at radius 2 is 2.00 bits per heavy atom. The minimum atomic E-state index is -0.134. The number of carbonyl (C=O) groups excluding carboxylic acids is 1. The fourth-order valence-electron chi connectivity index (χ4n) is 3.46. The maximum atomic E-state index is 12.6. The lowest BCUT2D eigenvalue weighted by atomic mass is 10.1. The van der Waals surface area contributed by atoms with Gasteiger partial charge in [0.2, 0.25) is 0 Å². The van der Waals surface area contributed by atoms with Crippen LogP contribution in [0.4, 0.5) is 0 Å². The molecule has 2 heterocycles. The Kier molecular flexibility index (Phi) is 4.31. The molecule has 0 aliphatic heterocycles. The monoisotopic (exact) mass is 354 g/mol. The molecule has 2 aromatic heterocycles. The summed E-state index contributed by atoms with van der Waals surface area (Å²) in [5, 5.41) is 14.2. The van der Waals surface area contributed by atoms with Crippen molar-refractivity contribution in [1.29, 1.82) is 5.26 Å². The quantitative estimate of drug-likeness (QED) is 0.602. The molecule has 1 amide bonds. The number of nitrogens with one attached hydrogen (secondary N) is 1. The summed E-state index contributed by atoms with van der Waals surface area (Å²) in [6.07, 6.45) is 3.65. The number of benzene rings is 2. The van der Waals surface area contributed by atoms with Crippen LogP contribution in [0.1, 0.15) is 28.4 Å². The predicted molar refractivity (Wildman–Crippen MR) is 105 cm³/mol. The van der Waals surface area contributed by atoms with E-state index in [9.17, 15) is 4.79 Å². The van der Waals surface area contributed by atoms with Gasteiger partial charge in [-0.05, 0) is 42.8 Å². The van der Waals surface area contributed by atoms with Crippen LogP contribution in [0.2, 0.25) is 0 Å². The van der Waals surface area contributed by atoms with E-state index in [1.807, 2.05) is 42.6 Å². The molecule has 1 N–H and O–H groups in total. The molecular formula is C22H18N4O. The Balaban J connectivity index is 1.64. The molecule has 0 saturated carbocycles. The zero-order chi connectivity index (χ0) is 18.8. The van der Waals surface area contributed by atoms with Gasteiger partial charge in [0.25, 0.3) is 5.91 Å². The number of carbonyl (C=O) groups is 1. The van der Waals surface area contributed by atoms with Crippen LogP contribution in [0.15, 0.2) is 60.9 Å². The number of hydrogen-bond donors (Lipinski definition) is 1. The number of aromatic nitrogens is 2. The SMILES string of the molecule is CCn1c2cnccc2c2ccc(C(=O)NCc3cccc(C#N)c3)cc21. The number of fused-ring (bicyclic) bond motifs is 3. The first-order valence-corrected chi connectivity index (χ1v) is 8.84. The summed E-state index contributed by atoms with van der Waals surface area (Å²) in [4.78, 5) is 16.9. The van der Waals surface area contributed by atoms with Gasteiger partial charge in [-0.25, -0.2) is 0 Å². The molecule has 27 heavy (non-hydrogen) atoms. The summed E-state index contributed by atoms with van der Waals surface area (Å²) in [5.41, 5.74) is 4.20. The molecule has 0 saturated heterocycles. The summed E-state index contributed by atoms with van der Waals surface area (Å²) >= 11 is 0. The third-order valence-electron chi connectivity index (χ3n) is 4.76. The minimum absolute atomic E-state index is 0.134. The second-order valence-electron chi connectivity index (χ2n) is 6.36. The fraction of sp³-hybridized carbons (Fsp3) is 0.136. The maximum absolute atomic E-state index is 12.6. The minimum Gasteiger partial charge on any atom is -0.348 e. The van der Waals surface area contributed by atoms with Crippen LogP contribution in [0.3, 0.4) is 0 Å². The molecule has 0 unspecified atom stereocenters. The van der Waals surface area contributed by atoms with Crippen LogP contribution in [0.5, 0.6) is 0 Å². The predicted octanol–water partition coefficient (Wildman–Crippen LogP) is 4.01. The first kappa shape index (κ1) is 16.8. The summed E-state index contributed by atoms with van der Waals surface area (Å²) in [5.74, 6) is -0.134. The topological polar surface area (TPSA) is 70.7 Å². The Bertz CT molecular complexity index is 1200. The van der Waals surface area contributed by atoms with E-state index in [4.69, 9.17) is 5.26 Å². The van der Waals surface area contributed by atoms with E-state index in [1.165, 1.54) is 0 Å². The van der Waals surface area contributed by atoms with E-state index in [0.29, 0.717) is 17.7 Å². The lowest BCUT2D eigenvalue weighted by molar-refractivity contribution is 0.0951. The molecule has 5 heteroatoms. The number of amides is 1. The van der Waals surface area contributed by atoms with E-state index >= 15 is 0 Å². The van der Waals surface area contributed by atoms with Crippen molar-refractivity contribution in [2.24, 2.45) is 0 Å². The average Bonchev–Trinajstić information content (AvgIpc) is 3.05. The van der Waals surface area contributed by atoms with Crippen molar-refractivity contribution < 1.29 is 4.79 Å². The van der Waals surface area contributed by atoms with E-state index in [2.05, 4.69) is 27.9 Å². The van der Waals surface area contributed by atoms with Gasteiger partial charge in [-0.1, -0.05) is 18.2 Å². The molecule has 2 aromatic carbocycles. The molecule has 0 radical (unpaired) electrons. The zero-order valence-electron chi connectivity index (χ0n) is 14.9. The molecule has 4 rings (SSSR count). The van der Waals surface area contributed by atoms with Crippen LogP contribution in [-0.2, 0) is 13.1 Å². The lowest BCUT2D eigenvalue weighted by Gasteiger charge is -2.07. The number of aryl methyl sites for hydroxylation is 1. The van der Waals surface area contributed by atoms with Crippen molar-refractivity contribution in [3.63, 3.8) is 0 Å². The third-order valence-corrected chi connectivity index (χ3v) is 4.76. The Hall–Kier alpha value is -3.65. The van der Waals surface area contributed by atoms with Crippen LogP contribution in [0.25, 0.3) is 21.8 Å². The largest absolute Gasteiger partial charge is 0.348 e. The first-order chi connectivity index (χ1) is 13.2. The second-order valence-corrected chi connectivity index (χ2v) is 6.36. The Morgan fingerprint density at radius 3 is 2.81 bits per heavy atom. The Labute approximate surface area is 156 Å². The summed E-state index contributed by atoms with van der Waals surface area (Å²) in [6, 6.07) is 17.1. The smallest absolute Gasteiger partial charge is 0.251 e. The van der Waals surface area contributed by atoms with Gasteiger partial charge in [-0.15, -0.1) is 0 Å². The van der Waals surface area contributed by atoms with Crippen molar-refractivity contribution in [3.05, 3.63) is 77.6 Å². The molecule has 0 fully saturated rings. The highest BCUT2D eigenvalue weighted by Crippen LogP contribution is 2.29. The van der Waals surface area contributed by atoms with Gasteiger partial charge in [-0.2, -0.15) is 5.26 Å². The van der Waals surface area contributed by atoms with Gasteiger partial charge in [-0.3, -0.25) is 9.78 Å². The van der Waals surface area contributed by atoms with Crippen LogP contribution >= 0.6 is 0 Å². The molecule has 0 spiro atoms. The summed E-state index contributed by atoms with van der Waals surface area (Å²) < 4.78 is 2.17. The summed E-state index contributed by atoms with van der Waals surface area (Å²) in [7, 11) is 0. The molecule has 0 bridgehead atoms. The second kappa shape index (κ2) is 6.93. The van der Waals surface area contributed by atoms with Gasteiger partial charge in [0.15, 0.2) is 0 Å². The molecular weight excluding hydrogens is 336 g/mol. The number of rotatable bonds is 4. The number of pyridine rings is 1. The van der Waals surface area contributed by atoms with Crippen molar-refractivity contribution >= 4 is 27.7 Å². The first-order valence-electron chi connectivity index (χ1n) is 8.84. The van der Waals surface area contributed by atoms with Gasteiger partial charge in [0.05, 0.1) is 23.3 Å². The number of nitrogens with zero attached hydrogens (tertiary/aromatic N) is 3. The average molecular weight is 354 g/mol. The highest BCUT2D eigenvalue weighted by Gasteiger charge is 2.13. The lowest BCUT2D eigenvalue weighted by Crippen LogP contribution is -2.22. The van der Waals surface area contributed by atoms with Gasteiger partial charge < -0.3 is 9.88 Å². The molecule has 5 nitrogen and oxygen atoms in total. The molecule has 132 valence electrons. The van der Waals surface area contributed by atoms with Gasteiger partial charge >= 0.3 is 0 Å². The summed E-state index contributed by atoms with van der Waals surface area (Å²) in [6.45, 7) is 3.27. The van der Waals surface area contributed by atoms with Crippen molar-refractivity contribution in [3.8, 4) is 6.07 Å².